The van der Waals surface area contributed by atoms with Gasteiger partial charge in [-0.3, -0.25) is 14.7 Å². The SMILES string of the molecule is COc1ccccc1-c1cc(=O)[nH]c(N2CCN(Cc3ccccc3)CC2)n1. The molecule has 4 rings (SSSR count). The highest BCUT2D eigenvalue weighted by Gasteiger charge is 2.20. The molecular weight excluding hydrogens is 352 g/mol. The lowest BCUT2D eigenvalue weighted by Gasteiger charge is -2.35. The molecule has 28 heavy (non-hydrogen) atoms. The van der Waals surface area contributed by atoms with Crippen molar-refractivity contribution in [1.82, 2.24) is 14.9 Å². The summed E-state index contributed by atoms with van der Waals surface area (Å²) in [5.74, 6) is 1.33. The van der Waals surface area contributed by atoms with Gasteiger partial charge in [0.2, 0.25) is 5.95 Å². The van der Waals surface area contributed by atoms with E-state index in [1.54, 1.807) is 7.11 Å². The van der Waals surface area contributed by atoms with Gasteiger partial charge in [-0.05, 0) is 17.7 Å². The normalized spacial score (nSPS) is 14.8. The summed E-state index contributed by atoms with van der Waals surface area (Å²) in [5.41, 5.74) is 2.61. The third kappa shape index (κ3) is 4.07. The smallest absolute Gasteiger partial charge is 0.252 e. The predicted octanol–water partition coefficient (Wildman–Crippen LogP) is 2.77. The average molecular weight is 376 g/mol. The van der Waals surface area contributed by atoms with Gasteiger partial charge in [-0.15, -0.1) is 0 Å². The number of methoxy groups -OCH3 is 1. The number of para-hydroxylation sites is 1. The molecule has 0 spiro atoms. The number of hydrogen-bond donors (Lipinski definition) is 1. The van der Waals surface area contributed by atoms with Gasteiger partial charge in [0.15, 0.2) is 0 Å². The molecule has 3 aromatic rings. The van der Waals surface area contributed by atoms with Crippen LogP contribution in [0.15, 0.2) is 65.5 Å². The van der Waals surface area contributed by atoms with E-state index in [0.29, 0.717) is 17.4 Å². The number of aromatic amines is 1. The Kier molecular flexibility index (Phi) is 5.39. The van der Waals surface area contributed by atoms with Crippen LogP contribution in [0.5, 0.6) is 5.75 Å². The molecule has 1 aromatic heterocycles. The van der Waals surface area contributed by atoms with Crippen LogP contribution in [0, 0.1) is 0 Å². The summed E-state index contributed by atoms with van der Waals surface area (Å²) in [4.78, 5) is 24.4. The highest BCUT2D eigenvalue weighted by Crippen LogP contribution is 2.28. The lowest BCUT2D eigenvalue weighted by Crippen LogP contribution is -2.47. The fraction of sp³-hybridized carbons (Fsp3) is 0.273. The van der Waals surface area contributed by atoms with E-state index in [-0.39, 0.29) is 5.56 Å². The van der Waals surface area contributed by atoms with Crippen LogP contribution in [0.4, 0.5) is 5.95 Å². The first-order valence-electron chi connectivity index (χ1n) is 9.49. The number of benzene rings is 2. The van der Waals surface area contributed by atoms with E-state index in [0.717, 1.165) is 38.3 Å². The Hall–Kier alpha value is -3.12. The van der Waals surface area contributed by atoms with E-state index < -0.39 is 0 Å². The van der Waals surface area contributed by atoms with Crippen LogP contribution in [0.25, 0.3) is 11.3 Å². The first kappa shape index (κ1) is 18.3. The van der Waals surface area contributed by atoms with E-state index in [2.05, 4.69) is 39.0 Å². The van der Waals surface area contributed by atoms with E-state index >= 15 is 0 Å². The van der Waals surface area contributed by atoms with Gasteiger partial charge < -0.3 is 9.64 Å². The Balaban J connectivity index is 1.50. The third-order valence-electron chi connectivity index (χ3n) is 5.03. The minimum atomic E-state index is -0.155. The van der Waals surface area contributed by atoms with Crippen molar-refractivity contribution in [2.75, 3.05) is 38.2 Å². The zero-order valence-electron chi connectivity index (χ0n) is 16.0. The molecule has 0 unspecified atom stereocenters. The van der Waals surface area contributed by atoms with E-state index in [1.807, 2.05) is 30.3 Å². The van der Waals surface area contributed by atoms with Crippen LogP contribution in [0.2, 0.25) is 0 Å². The topological polar surface area (TPSA) is 61.5 Å². The molecular formula is C22H24N4O2. The van der Waals surface area contributed by atoms with E-state index in [1.165, 1.54) is 11.6 Å². The molecule has 0 amide bonds. The number of rotatable bonds is 5. The van der Waals surface area contributed by atoms with E-state index in [9.17, 15) is 4.79 Å². The molecule has 0 saturated carbocycles. The molecule has 6 heteroatoms. The van der Waals surface area contributed by atoms with Gasteiger partial charge in [-0.1, -0.05) is 42.5 Å². The lowest BCUT2D eigenvalue weighted by molar-refractivity contribution is 0.248. The minimum absolute atomic E-state index is 0.155. The minimum Gasteiger partial charge on any atom is -0.496 e. The maximum atomic E-state index is 12.3. The largest absolute Gasteiger partial charge is 0.496 e. The number of nitrogens with zero attached hydrogens (tertiary/aromatic N) is 3. The molecule has 0 bridgehead atoms. The van der Waals surface area contributed by atoms with Gasteiger partial charge in [0.25, 0.3) is 5.56 Å². The number of anilines is 1. The summed E-state index contributed by atoms with van der Waals surface area (Å²) < 4.78 is 5.42. The second-order valence-electron chi connectivity index (χ2n) is 6.90. The van der Waals surface area contributed by atoms with Gasteiger partial charge in [-0.25, -0.2) is 4.98 Å². The van der Waals surface area contributed by atoms with E-state index in [4.69, 9.17) is 9.72 Å². The molecule has 144 valence electrons. The Bertz CT molecular complexity index is 979. The zero-order valence-corrected chi connectivity index (χ0v) is 16.0. The summed E-state index contributed by atoms with van der Waals surface area (Å²) in [6, 6.07) is 19.6. The van der Waals surface area contributed by atoms with Crippen molar-refractivity contribution in [3.63, 3.8) is 0 Å². The standard InChI is InChI=1S/C22H24N4O2/c1-28-20-10-6-5-9-18(20)19-15-21(27)24-22(23-19)26-13-11-25(12-14-26)16-17-7-3-2-4-8-17/h2-10,15H,11-14,16H2,1H3,(H,23,24,27). The van der Waals surface area contributed by atoms with Crippen molar-refractivity contribution < 1.29 is 4.74 Å². The quantitative estimate of drug-likeness (QED) is 0.742. The fourth-order valence-electron chi connectivity index (χ4n) is 3.55. The van der Waals surface area contributed by atoms with Crippen LogP contribution >= 0.6 is 0 Å². The van der Waals surface area contributed by atoms with Crippen molar-refractivity contribution in [1.29, 1.82) is 0 Å². The molecule has 0 aliphatic carbocycles. The highest BCUT2D eigenvalue weighted by molar-refractivity contribution is 5.67. The van der Waals surface area contributed by atoms with Gasteiger partial charge in [0, 0.05) is 44.4 Å². The maximum Gasteiger partial charge on any atom is 0.252 e. The molecule has 1 saturated heterocycles. The second kappa shape index (κ2) is 8.27. The lowest BCUT2D eigenvalue weighted by atomic mass is 10.1. The fourth-order valence-corrected chi connectivity index (χ4v) is 3.55. The maximum absolute atomic E-state index is 12.3. The number of aromatic nitrogens is 2. The number of nitrogens with one attached hydrogen (secondary N) is 1. The third-order valence-corrected chi connectivity index (χ3v) is 5.03. The summed E-state index contributed by atoms with van der Waals surface area (Å²) in [6.45, 7) is 4.45. The average Bonchev–Trinajstić information content (AvgIpc) is 2.74. The van der Waals surface area contributed by atoms with Gasteiger partial charge in [0.05, 0.1) is 12.8 Å². The molecule has 1 aliphatic rings. The molecule has 6 nitrogen and oxygen atoms in total. The van der Waals surface area contributed by atoms with Crippen LogP contribution < -0.4 is 15.2 Å². The molecule has 1 fully saturated rings. The van der Waals surface area contributed by atoms with Gasteiger partial charge in [0.1, 0.15) is 5.75 Å². The Labute approximate surface area is 164 Å². The van der Waals surface area contributed by atoms with Crippen LogP contribution in [-0.4, -0.2) is 48.2 Å². The van der Waals surface area contributed by atoms with Crippen molar-refractivity contribution in [3.05, 3.63) is 76.6 Å². The first-order chi connectivity index (χ1) is 13.7. The second-order valence-corrected chi connectivity index (χ2v) is 6.90. The van der Waals surface area contributed by atoms with Crippen LogP contribution in [-0.2, 0) is 6.54 Å². The Morgan fingerprint density at radius 1 is 1.00 bits per heavy atom. The monoisotopic (exact) mass is 376 g/mol. The van der Waals surface area contributed by atoms with Gasteiger partial charge in [-0.2, -0.15) is 0 Å². The van der Waals surface area contributed by atoms with Crippen molar-refractivity contribution >= 4 is 5.95 Å². The Morgan fingerprint density at radius 2 is 1.71 bits per heavy atom. The highest BCUT2D eigenvalue weighted by atomic mass is 16.5. The Morgan fingerprint density at radius 3 is 2.46 bits per heavy atom. The number of piperazine rings is 1. The molecule has 0 radical (unpaired) electrons. The summed E-state index contributed by atoms with van der Waals surface area (Å²) in [7, 11) is 1.62. The predicted molar refractivity (Wildman–Crippen MR) is 111 cm³/mol. The number of ether oxygens (including phenoxy) is 1. The first-order valence-corrected chi connectivity index (χ1v) is 9.49. The number of H-pyrrole nitrogens is 1. The van der Waals surface area contributed by atoms with Gasteiger partial charge >= 0.3 is 0 Å². The molecule has 1 aliphatic heterocycles. The van der Waals surface area contributed by atoms with Crippen LogP contribution in [0.1, 0.15) is 5.56 Å². The molecule has 0 atom stereocenters. The molecule has 2 aromatic carbocycles. The molecule has 1 N–H and O–H groups in total. The number of hydrogen-bond acceptors (Lipinski definition) is 5. The summed E-state index contributed by atoms with van der Waals surface area (Å²) >= 11 is 0. The summed E-state index contributed by atoms with van der Waals surface area (Å²) in [5, 5.41) is 0. The zero-order chi connectivity index (χ0) is 19.3. The molecule has 2 heterocycles. The van der Waals surface area contributed by atoms with Crippen molar-refractivity contribution in [3.8, 4) is 17.0 Å². The van der Waals surface area contributed by atoms with Crippen molar-refractivity contribution in [2.24, 2.45) is 0 Å². The van der Waals surface area contributed by atoms with Crippen molar-refractivity contribution in [2.45, 2.75) is 6.54 Å². The van der Waals surface area contributed by atoms with Crippen LogP contribution in [0.3, 0.4) is 0 Å². The summed E-state index contributed by atoms with van der Waals surface area (Å²) in [6.07, 6.45) is 0.